The van der Waals surface area contributed by atoms with E-state index in [1.807, 2.05) is 23.1 Å². The number of halogens is 1. The van der Waals surface area contributed by atoms with Crippen molar-refractivity contribution in [2.45, 2.75) is 82.1 Å². The summed E-state index contributed by atoms with van der Waals surface area (Å²) in [5.74, 6) is -2.62. The molecule has 0 bridgehead atoms. The number of hydrogen-bond acceptors (Lipinski definition) is 9. The molecule has 1 saturated carbocycles. The first-order valence-corrected chi connectivity index (χ1v) is 18.9. The highest BCUT2D eigenvalue weighted by Crippen LogP contribution is 2.45. The maximum Gasteiger partial charge on any atom is 0.408 e. The van der Waals surface area contributed by atoms with Gasteiger partial charge in [0.15, 0.2) is 0 Å². The summed E-state index contributed by atoms with van der Waals surface area (Å²) in [4.78, 5) is 58.1. The average molecular weight is 743 g/mol. The molecule has 2 aliphatic heterocycles. The highest BCUT2D eigenvalue weighted by molar-refractivity contribution is 7.90. The second kappa shape index (κ2) is 14.8. The molecule has 0 unspecified atom stereocenters. The summed E-state index contributed by atoms with van der Waals surface area (Å²) in [5, 5.41) is 9.20. The minimum atomic E-state index is -4.30. The van der Waals surface area contributed by atoms with Gasteiger partial charge in [-0.1, -0.05) is 55.8 Å². The number of rotatable bonds is 11. The van der Waals surface area contributed by atoms with Gasteiger partial charge in [-0.3, -0.25) is 19.3 Å². The molecule has 2 aromatic rings. The molecule has 3 aliphatic rings. The first kappa shape index (κ1) is 38.1. The fourth-order valence-electron chi connectivity index (χ4n) is 6.56. The third kappa shape index (κ3) is 8.67. The number of alkyl carbamates (subject to hydrolysis) is 1. The lowest BCUT2D eigenvalue weighted by Crippen LogP contribution is -2.64. The summed E-state index contributed by atoms with van der Waals surface area (Å²) >= 11 is 6.11. The van der Waals surface area contributed by atoms with Gasteiger partial charge in [-0.15, -0.1) is 6.58 Å². The molecule has 0 radical (unpaired) electrons. The number of anilines is 1. The average Bonchev–Trinajstić information content (AvgIpc) is 3.56. The molecule has 0 aromatic heterocycles. The standard InChI is InChI=1S/C36H47ClN6O7S/c1-7-25-19-36(25,33(46)41-51(48,49)28-10-8-9-24-15-16-38-30(24)28)40-31(44)27-21-43(18-17-42(27)20-23-11-13-26(37)14-12-23)32(45)29(22(2)3)39-34(47)50-35(4,5)6/h7-14,22,25,27,29,38H,1,15-21H2,2-6H3,(H,39,47)(H,40,44)(H,41,46)/t25-,27-,29+,36-/m1/s1. The van der Waals surface area contributed by atoms with Crippen LogP contribution in [-0.2, 0) is 42.1 Å². The van der Waals surface area contributed by atoms with E-state index in [-0.39, 0.29) is 36.2 Å². The second-order valence-corrected chi connectivity index (χ2v) is 16.8. The third-order valence-corrected chi connectivity index (χ3v) is 11.0. The monoisotopic (exact) mass is 742 g/mol. The first-order chi connectivity index (χ1) is 23.9. The summed E-state index contributed by atoms with van der Waals surface area (Å²) in [5.41, 5.74) is -0.161. The van der Waals surface area contributed by atoms with E-state index in [2.05, 4.69) is 27.3 Å². The van der Waals surface area contributed by atoms with Crippen molar-refractivity contribution in [3.8, 4) is 0 Å². The molecule has 4 atom stereocenters. The van der Waals surface area contributed by atoms with Gasteiger partial charge in [-0.25, -0.2) is 17.9 Å². The fraction of sp³-hybridized carbons (Fsp3) is 0.500. The SMILES string of the molecule is C=C[C@@H]1C[C@]1(NC(=O)[C@H]1CN(C(=O)[C@@H](NC(=O)OC(C)(C)C)C(C)C)CCN1Cc1ccc(Cl)cc1)C(=O)NS(=O)(=O)c1cccc2c1NCC2. The Labute approximate surface area is 304 Å². The Morgan fingerprint density at radius 2 is 1.82 bits per heavy atom. The Balaban J connectivity index is 1.38. The van der Waals surface area contributed by atoms with E-state index in [4.69, 9.17) is 16.3 Å². The molecule has 0 spiro atoms. The molecule has 2 fully saturated rings. The van der Waals surface area contributed by atoms with Crippen LogP contribution in [0, 0.1) is 11.8 Å². The lowest BCUT2D eigenvalue weighted by Gasteiger charge is -2.42. The number of benzene rings is 2. The van der Waals surface area contributed by atoms with Crippen LogP contribution in [0.15, 0.2) is 60.0 Å². The van der Waals surface area contributed by atoms with Gasteiger partial charge in [0.05, 0.1) is 5.69 Å². The van der Waals surface area contributed by atoms with Gasteiger partial charge in [0.1, 0.15) is 28.1 Å². The van der Waals surface area contributed by atoms with Crippen LogP contribution in [0.25, 0.3) is 0 Å². The Morgan fingerprint density at radius 1 is 1.12 bits per heavy atom. The predicted octanol–water partition coefficient (Wildman–Crippen LogP) is 3.44. The lowest BCUT2D eigenvalue weighted by atomic mass is 10.0. The van der Waals surface area contributed by atoms with Gasteiger partial charge in [0.25, 0.3) is 15.9 Å². The molecule has 2 aromatic carbocycles. The third-order valence-electron chi connectivity index (χ3n) is 9.39. The number of sulfonamides is 1. The van der Waals surface area contributed by atoms with E-state index < -0.39 is 57.1 Å². The quantitative estimate of drug-likeness (QED) is 0.253. The molecule has 13 nitrogen and oxygen atoms in total. The molecule has 5 rings (SSSR count). The number of nitrogens with one attached hydrogen (secondary N) is 4. The van der Waals surface area contributed by atoms with Crippen molar-refractivity contribution in [2.24, 2.45) is 11.8 Å². The fourth-order valence-corrected chi connectivity index (χ4v) is 7.96. The van der Waals surface area contributed by atoms with Crippen LogP contribution in [-0.4, -0.2) is 91.4 Å². The van der Waals surface area contributed by atoms with E-state index in [9.17, 15) is 27.6 Å². The van der Waals surface area contributed by atoms with Gasteiger partial charge in [0, 0.05) is 43.7 Å². The molecule has 1 aliphatic carbocycles. The van der Waals surface area contributed by atoms with Crippen LogP contribution >= 0.6 is 11.6 Å². The number of ether oxygens (including phenoxy) is 1. The normalized spacial score (nSPS) is 22.3. The zero-order chi connectivity index (χ0) is 37.3. The molecular formula is C36H47ClN6O7S. The Bertz CT molecular complexity index is 1800. The highest BCUT2D eigenvalue weighted by Gasteiger charge is 2.61. The molecule has 15 heteroatoms. The number of piperazine rings is 1. The van der Waals surface area contributed by atoms with Gasteiger partial charge in [-0.2, -0.15) is 0 Å². The van der Waals surface area contributed by atoms with Crippen LogP contribution in [0.4, 0.5) is 10.5 Å². The van der Waals surface area contributed by atoms with Gasteiger partial charge in [-0.05, 0) is 68.9 Å². The van der Waals surface area contributed by atoms with E-state index in [1.54, 1.807) is 52.8 Å². The number of nitrogens with zero attached hydrogens (tertiary/aromatic N) is 2. The van der Waals surface area contributed by atoms with Crippen LogP contribution < -0.4 is 20.7 Å². The van der Waals surface area contributed by atoms with E-state index in [0.29, 0.717) is 36.8 Å². The summed E-state index contributed by atoms with van der Waals surface area (Å²) in [6.45, 7) is 14.0. The first-order valence-electron chi connectivity index (χ1n) is 17.1. The van der Waals surface area contributed by atoms with Crippen LogP contribution in [0.3, 0.4) is 0 Å². The molecule has 4 N–H and O–H groups in total. The minimum Gasteiger partial charge on any atom is -0.444 e. The largest absolute Gasteiger partial charge is 0.444 e. The second-order valence-electron chi connectivity index (χ2n) is 14.7. The Morgan fingerprint density at radius 3 is 2.45 bits per heavy atom. The maximum absolute atomic E-state index is 14.3. The lowest BCUT2D eigenvalue weighted by molar-refractivity contribution is -0.142. The van der Waals surface area contributed by atoms with Gasteiger partial charge < -0.3 is 25.6 Å². The van der Waals surface area contributed by atoms with E-state index >= 15 is 0 Å². The van der Waals surface area contributed by atoms with Crippen molar-refractivity contribution in [1.29, 1.82) is 0 Å². The molecular weight excluding hydrogens is 696 g/mol. The summed E-state index contributed by atoms with van der Waals surface area (Å²) in [6, 6.07) is 10.2. The van der Waals surface area contributed by atoms with Crippen molar-refractivity contribution in [2.75, 3.05) is 31.5 Å². The van der Waals surface area contributed by atoms with E-state index in [0.717, 1.165) is 11.1 Å². The Hall–Kier alpha value is -4.14. The Kier molecular flexibility index (Phi) is 11.1. The molecule has 276 valence electrons. The molecule has 1 saturated heterocycles. The number of carbonyl (C=O) groups excluding carboxylic acids is 4. The molecule has 2 heterocycles. The summed E-state index contributed by atoms with van der Waals surface area (Å²) in [7, 11) is -4.30. The number of hydrogen-bond donors (Lipinski definition) is 4. The topological polar surface area (TPSA) is 166 Å². The number of carbonyl (C=O) groups is 4. The van der Waals surface area contributed by atoms with Crippen molar-refractivity contribution >= 4 is 51.1 Å². The van der Waals surface area contributed by atoms with Gasteiger partial charge in [0.2, 0.25) is 11.8 Å². The molecule has 4 amide bonds. The number of amides is 4. The zero-order valence-corrected chi connectivity index (χ0v) is 31.2. The van der Waals surface area contributed by atoms with Crippen LogP contribution in [0.1, 0.15) is 52.2 Å². The van der Waals surface area contributed by atoms with Crippen molar-refractivity contribution in [3.05, 3.63) is 71.3 Å². The van der Waals surface area contributed by atoms with Gasteiger partial charge >= 0.3 is 6.09 Å². The number of fused-ring (bicyclic) bond motifs is 1. The van der Waals surface area contributed by atoms with Crippen molar-refractivity contribution < 1.29 is 32.3 Å². The predicted molar refractivity (Wildman–Crippen MR) is 193 cm³/mol. The number of para-hydroxylation sites is 1. The maximum atomic E-state index is 14.3. The van der Waals surface area contributed by atoms with Crippen LogP contribution in [0.5, 0.6) is 0 Å². The molecule has 51 heavy (non-hydrogen) atoms. The van der Waals surface area contributed by atoms with E-state index in [1.165, 1.54) is 17.0 Å². The van der Waals surface area contributed by atoms with Crippen LogP contribution in [0.2, 0.25) is 5.02 Å². The van der Waals surface area contributed by atoms with Crippen molar-refractivity contribution in [3.63, 3.8) is 0 Å². The summed E-state index contributed by atoms with van der Waals surface area (Å²) < 4.78 is 34.6. The minimum absolute atomic E-state index is 0.0431. The zero-order valence-electron chi connectivity index (χ0n) is 29.6. The smallest absolute Gasteiger partial charge is 0.408 e. The van der Waals surface area contributed by atoms with Crippen molar-refractivity contribution in [1.82, 2.24) is 25.2 Å². The highest BCUT2D eigenvalue weighted by atomic mass is 35.5. The summed E-state index contributed by atoms with van der Waals surface area (Å²) in [6.07, 6.45) is 1.60.